The normalized spacial score (nSPS) is 35.1. The fourth-order valence-corrected chi connectivity index (χ4v) is 4.63. The molecule has 0 aromatic carbocycles. The molecular weight excluding hydrogens is 254 g/mol. The molecule has 2 bridgehead atoms. The monoisotopic (exact) mass is 281 g/mol. The zero-order valence-electron chi connectivity index (χ0n) is 12.3. The van der Waals surface area contributed by atoms with Gasteiger partial charge >= 0.3 is 0 Å². The standard InChI is InChI=1S/C16H27NO3/c18-6-3-16(4-7-20-8-5-16)17-15(19)11-14-10-12-1-2-13(14)9-12/h12-14,18H,1-11H2,(H,17,19). The minimum atomic E-state index is -0.221. The lowest BCUT2D eigenvalue weighted by atomic mass is 9.84. The molecule has 2 N–H and O–H groups in total. The maximum atomic E-state index is 12.4. The van der Waals surface area contributed by atoms with Gasteiger partial charge in [-0.2, -0.15) is 0 Å². The second-order valence-corrected chi connectivity index (χ2v) is 7.05. The largest absolute Gasteiger partial charge is 0.396 e. The van der Waals surface area contributed by atoms with Gasteiger partial charge in [0.15, 0.2) is 0 Å². The topological polar surface area (TPSA) is 58.6 Å². The van der Waals surface area contributed by atoms with E-state index in [4.69, 9.17) is 4.74 Å². The molecule has 3 unspecified atom stereocenters. The van der Waals surface area contributed by atoms with Crippen LogP contribution in [-0.2, 0) is 9.53 Å². The number of amides is 1. The average molecular weight is 281 g/mol. The van der Waals surface area contributed by atoms with E-state index in [1.54, 1.807) is 0 Å². The number of hydrogen-bond acceptors (Lipinski definition) is 3. The van der Waals surface area contributed by atoms with Crippen LogP contribution in [0.15, 0.2) is 0 Å². The van der Waals surface area contributed by atoms with Crippen molar-refractivity contribution >= 4 is 5.91 Å². The summed E-state index contributed by atoms with van der Waals surface area (Å²) < 4.78 is 5.39. The number of ether oxygens (including phenoxy) is 1. The zero-order valence-corrected chi connectivity index (χ0v) is 12.3. The van der Waals surface area contributed by atoms with E-state index in [0.717, 1.165) is 24.7 Å². The Labute approximate surface area is 121 Å². The maximum absolute atomic E-state index is 12.4. The lowest BCUT2D eigenvalue weighted by Crippen LogP contribution is -2.52. The quantitative estimate of drug-likeness (QED) is 0.808. The highest BCUT2D eigenvalue weighted by Crippen LogP contribution is 2.49. The molecule has 0 aromatic heterocycles. The van der Waals surface area contributed by atoms with Crippen molar-refractivity contribution < 1.29 is 14.6 Å². The zero-order chi connectivity index (χ0) is 14.0. The number of aliphatic hydroxyl groups excluding tert-OH is 1. The van der Waals surface area contributed by atoms with Gasteiger partial charge in [-0.1, -0.05) is 6.42 Å². The van der Waals surface area contributed by atoms with Gasteiger partial charge in [-0.3, -0.25) is 4.79 Å². The molecular formula is C16H27NO3. The minimum absolute atomic E-state index is 0.133. The van der Waals surface area contributed by atoms with Crippen molar-refractivity contribution in [2.75, 3.05) is 19.8 Å². The summed E-state index contributed by atoms with van der Waals surface area (Å²) in [4.78, 5) is 12.4. The fraction of sp³-hybridized carbons (Fsp3) is 0.938. The van der Waals surface area contributed by atoms with Gasteiger partial charge in [-0.15, -0.1) is 0 Å². The van der Waals surface area contributed by atoms with Crippen LogP contribution >= 0.6 is 0 Å². The number of carbonyl (C=O) groups is 1. The first-order valence-electron chi connectivity index (χ1n) is 8.20. The minimum Gasteiger partial charge on any atom is -0.396 e. The lowest BCUT2D eigenvalue weighted by Gasteiger charge is -2.38. The summed E-state index contributed by atoms with van der Waals surface area (Å²) >= 11 is 0. The number of carbonyl (C=O) groups excluding carboxylic acids is 1. The van der Waals surface area contributed by atoms with Crippen LogP contribution in [0, 0.1) is 17.8 Å². The van der Waals surface area contributed by atoms with Crippen molar-refractivity contribution in [3.8, 4) is 0 Å². The van der Waals surface area contributed by atoms with E-state index in [1.165, 1.54) is 25.7 Å². The molecule has 1 amide bonds. The molecule has 20 heavy (non-hydrogen) atoms. The Morgan fingerprint density at radius 3 is 2.65 bits per heavy atom. The van der Waals surface area contributed by atoms with E-state index in [2.05, 4.69) is 5.32 Å². The maximum Gasteiger partial charge on any atom is 0.220 e. The first-order valence-corrected chi connectivity index (χ1v) is 8.20. The Bertz CT molecular complexity index is 346. The van der Waals surface area contributed by atoms with Gasteiger partial charge in [0.25, 0.3) is 0 Å². The molecule has 2 aliphatic carbocycles. The molecule has 4 heteroatoms. The number of fused-ring (bicyclic) bond motifs is 2. The molecule has 0 aromatic rings. The molecule has 0 spiro atoms. The van der Waals surface area contributed by atoms with E-state index in [1.807, 2.05) is 0 Å². The van der Waals surface area contributed by atoms with Crippen molar-refractivity contribution in [3.05, 3.63) is 0 Å². The molecule has 114 valence electrons. The van der Waals surface area contributed by atoms with Crippen molar-refractivity contribution in [3.63, 3.8) is 0 Å². The van der Waals surface area contributed by atoms with E-state index in [-0.39, 0.29) is 18.1 Å². The second kappa shape index (κ2) is 6.02. The first-order chi connectivity index (χ1) is 9.71. The van der Waals surface area contributed by atoms with Gasteiger partial charge in [0.05, 0.1) is 0 Å². The highest BCUT2D eigenvalue weighted by atomic mass is 16.5. The summed E-state index contributed by atoms with van der Waals surface area (Å²) in [5, 5.41) is 12.5. The number of hydrogen-bond donors (Lipinski definition) is 2. The van der Waals surface area contributed by atoms with Crippen molar-refractivity contribution in [2.24, 2.45) is 17.8 Å². The van der Waals surface area contributed by atoms with Gasteiger partial charge in [0, 0.05) is 31.8 Å². The van der Waals surface area contributed by atoms with E-state index in [0.29, 0.717) is 32.0 Å². The van der Waals surface area contributed by atoms with Crippen molar-refractivity contribution in [1.82, 2.24) is 5.32 Å². The van der Waals surface area contributed by atoms with Gasteiger partial charge in [0.2, 0.25) is 5.91 Å². The molecule has 1 saturated heterocycles. The summed E-state index contributed by atoms with van der Waals surface area (Å²) in [6, 6.07) is 0. The molecule has 3 aliphatic rings. The van der Waals surface area contributed by atoms with Crippen molar-refractivity contribution in [2.45, 2.75) is 56.9 Å². The predicted molar refractivity (Wildman–Crippen MR) is 76.2 cm³/mol. The SMILES string of the molecule is O=C(CC1CC2CCC1C2)NC1(CCO)CCOCC1. The van der Waals surface area contributed by atoms with Crippen LogP contribution < -0.4 is 5.32 Å². The summed E-state index contributed by atoms with van der Waals surface area (Å²) in [6.07, 6.45) is 8.33. The Morgan fingerprint density at radius 1 is 1.25 bits per heavy atom. The van der Waals surface area contributed by atoms with Gasteiger partial charge in [-0.25, -0.2) is 0 Å². The Morgan fingerprint density at radius 2 is 2.05 bits per heavy atom. The van der Waals surface area contributed by atoms with Crippen LogP contribution in [0.3, 0.4) is 0 Å². The van der Waals surface area contributed by atoms with Crippen LogP contribution in [0.4, 0.5) is 0 Å². The number of rotatable bonds is 5. The summed E-state index contributed by atoms with van der Waals surface area (Å²) in [5.74, 6) is 2.50. The summed E-state index contributed by atoms with van der Waals surface area (Å²) in [5.41, 5.74) is -0.221. The van der Waals surface area contributed by atoms with Crippen LogP contribution in [0.2, 0.25) is 0 Å². The smallest absolute Gasteiger partial charge is 0.220 e. The fourth-order valence-electron chi connectivity index (χ4n) is 4.63. The molecule has 1 aliphatic heterocycles. The molecule has 4 nitrogen and oxygen atoms in total. The van der Waals surface area contributed by atoms with Gasteiger partial charge in [0.1, 0.15) is 0 Å². The average Bonchev–Trinajstić information content (AvgIpc) is 3.02. The number of aliphatic hydroxyl groups is 1. The third-order valence-electron chi connectivity index (χ3n) is 5.78. The Kier molecular flexibility index (Phi) is 4.32. The van der Waals surface area contributed by atoms with Gasteiger partial charge < -0.3 is 15.2 Å². The lowest BCUT2D eigenvalue weighted by molar-refractivity contribution is -0.126. The predicted octanol–water partition coefficient (Wildman–Crippen LogP) is 1.86. The van der Waals surface area contributed by atoms with Crippen LogP contribution in [0.5, 0.6) is 0 Å². The van der Waals surface area contributed by atoms with Crippen LogP contribution in [-0.4, -0.2) is 36.4 Å². The van der Waals surface area contributed by atoms with E-state index < -0.39 is 0 Å². The molecule has 1 heterocycles. The molecule has 3 rings (SSSR count). The highest BCUT2D eigenvalue weighted by molar-refractivity contribution is 5.77. The van der Waals surface area contributed by atoms with Crippen LogP contribution in [0.25, 0.3) is 0 Å². The molecule has 2 saturated carbocycles. The van der Waals surface area contributed by atoms with Crippen molar-refractivity contribution in [1.29, 1.82) is 0 Å². The number of nitrogens with one attached hydrogen (secondary N) is 1. The second-order valence-electron chi connectivity index (χ2n) is 7.05. The van der Waals surface area contributed by atoms with Crippen LogP contribution in [0.1, 0.15) is 51.4 Å². The first kappa shape index (κ1) is 14.3. The summed E-state index contributed by atoms with van der Waals surface area (Å²) in [6.45, 7) is 1.51. The highest BCUT2D eigenvalue weighted by Gasteiger charge is 2.41. The van der Waals surface area contributed by atoms with E-state index in [9.17, 15) is 9.90 Å². The van der Waals surface area contributed by atoms with Gasteiger partial charge in [-0.05, 0) is 56.3 Å². The summed E-state index contributed by atoms with van der Waals surface area (Å²) in [7, 11) is 0. The third kappa shape index (κ3) is 3.01. The molecule has 3 atom stereocenters. The Hall–Kier alpha value is -0.610. The Balaban J connectivity index is 1.53. The molecule has 0 radical (unpaired) electrons. The van der Waals surface area contributed by atoms with E-state index >= 15 is 0 Å². The third-order valence-corrected chi connectivity index (χ3v) is 5.78. The molecule has 3 fully saturated rings.